The first-order valence-electron chi connectivity index (χ1n) is 7.72. The molecule has 0 aromatic heterocycles. The van der Waals surface area contributed by atoms with E-state index in [1.54, 1.807) is 0 Å². The summed E-state index contributed by atoms with van der Waals surface area (Å²) >= 11 is -7.03. The zero-order valence-electron chi connectivity index (χ0n) is 16.1. The molecule has 205 valence electrons. The summed E-state index contributed by atoms with van der Waals surface area (Å²) in [5.41, 5.74) is -17.8. The van der Waals surface area contributed by atoms with Gasteiger partial charge in [0.1, 0.15) is 5.60 Å². The Morgan fingerprint density at radius 3 is 0.882 bits per heavy atom. The first-order valence-corrected chi connectivity index (χ1v) is 9.14. The molecule has 0 aliphatic rings. The molecule has 0 aliphatic heterocycles. The minimum Gasteiger partial charge on any atom is -0.623 e. The highest BCUT2D eigenvalue weighted by Gasteiger charge is 2.84. The van der Waals surface area contributed by atoms with Crippen LogP contribution in [0.3, 0.4) is 0 Å². The van der Waals surface area contributed by atoms with Crippen LogP contribution in [0.15, 0.2) is 0 Å². The van der Waals surface area contributed by atoms with Gasteiger partial charge in [-0.3, -0.25) is 0 Å². The van der Waals surface area contributed by atoms with Crippen LogP contribution in [0.5, 0.6) is 0 Å². The zero-order chi connectivity index (χ0) is 28.2. The van der Waals surface area contributed by atoms with Gasteiger partial charge in [0, 0.05) is 0 Å². The summed E-state index contributed by atoms with van der Waals surface area (Å²) in [5.74, 6) is 0. The molecule has 1 radical (unpaired) electrons. The van der Waals surface area contributed by atoms with Gasteiger partial charge in [-0.2, -0.15) is 79.0 Å². The van der Waals surface area contributed by atoms with Gasteiger partial charge in [-0.1, -0.05) is 0 Å². The maximum Gasteiger partial charge on any atom is 0.561 e. The van der Waals surface area contributed by atoms with Gasteiger partial charge in [-0.25, -0.2) is 0 Å². The van der Waals surface area contributed by atoms with Crippen LogP contribution in [-0.2, 0) is 11.4 Å². The quantitative estimate of drug-likeness (QED) is 0.264. The van der Waals surface area contributed by atoms with Gasteiger partial charge in [0.25, 0.3) is 0 Å². The lowest BCUT2D eigenvalue weighted by molar-refractivity contribution is -0.447. The van der Waals surface area contributed by atoms with Crippen molar-refractivity contribution in [1.29, 1.82) is 0 Å². The van der Waals surface area contributed by atoms with Crippen LogP contribution < -0.4 is 0 Å². The normalized spacial score (nSPS) is 16.4. The molecular formula is C12H9AlF18O3-. The van der Waals surface area contributed by atoms with Crippen LogP contribution in [-0.4, -0.2) is 69.0 Å². The Labute approximate surface area is 181 Å². The summed E-state index contributed by atoms with van der Waals surface area (Å²) in [5, 5.41) is 0. The van der Waals surface area contributed by atoms with E-state index in [0.717, 1.165) is 0 Å². The molecule has 0 heterocycles. The Morgan fingerprint density at radius 1 is 0.382 bits per heavy atom. The van der Waals surface area contributed by atoms with Crippen LogP contribution in [0.4, 0.5) is 79.0 Å². The fourth-order valence-corrected chi connectivity index (χ4v) is 3.79. The average Bonchev–Trinajstić information content (AvgIpc) is 2.44. The first kappa shape index (κ1) is 33.2. The number of halogens is 18. The van der Waals surface area contributed by atoms with E-state index < -0.39 is 75.9 Å². The van der Waals surface area contributed by atoms with Gasteiger partial charge < -0.3 is 11.4 Å². The second-order valence-electron chi connectivity index (χ2n) is 6.85. The lowest BCUT2D eigenvalue weighted by Gasteiger charge is -2.51. The highest BCUT2D eigenvalue weighted by Crippen LogP contribution is 2.56. The van der Waals surface area contributed by atoms with Crippen molar-refractivity contribution >= 4 is 15.1 Å². The lowest BCUT2D eigenvalue weighted by atomic mass is 10.0. The zero-order valence-corrected chi connectivity index (χ0v) is 17.3. The molecule has 0 spiro atoms. The van der Waals surface area contributed by atoms with Crippen LogP contribution >= 0.6 is 0 Å². The molecule has 3 nitrogen and oxygen atoms in total. The monoisotopic (exact) mass is 570 g/mol. The summed E-state index contributed by atoms with van der Waals surface area (Å²) in [6.45, 7) is -1.83. The molecule has 0 unspecified atom stereocenters. The van der Waals surface area contributed by atoms with E-state index >= 15 is 0 Å². The SMILES string of the molecule is CC(C)([O][Al-]([O]C(C)(C(F)(F)F)C(F)(F)F)[O]C(C(F)(F)F)(C(F)(F)F)C(F)(F)F)C(F)(F)F. The van der Waals surface area contributed by atoms with Gasteiger partial charge in [0.2, 0.25) is 5.60 Å². The van der Waals surface area contributed by atoms with E-state index in [1.807, 2.05) is 0 Å². The van der Waals surface area contributed by atoms with E-state index in [2.05, 4.69) is 11.4 Å². The average molecular weight is 570 g/mol. The van der Waals surface area contributed by atoms with Crippen molar-refractivity contribution < 1.29 is 90.4 Å². The Hall–Kier alpha value is -0.848. The standard InChI is InChI=1S/C4F9O.C4H3F6O.C4H6F3O.Al/c5-2(6,7)1(14,3(8,9)10)4(11,12)13;1-2(11,3(5,6)7)4(8,9)10;1-3(2,8)4(5,6)7;/h;1H3;1-2H3;/q3*-1;+2. The van der Waals surface area contributed by atoms with Crippen molar-refractivity contribution in [3.05, 3.63) is 0 Å². The summed E-state index contributed by atoms with van der Waals surface area (Å²) in [6, 6.07) is 0. The molecule has 0 fully saturated rings. The van der Waals surface area contributed by atoms with Crippen LogP contribution in [0.1, 0.15) is 20.8 Å². The summed E-state index contributed by atoms with van der Waals surface area (Å²) in [6.07, 6.45) is -42.9. The van der Waals surface area contributed by atoms with Crippen molar-refractivity contribution in [2.75, 3.05) is 0 Å². The van der Waals surface area contributed by atoms with E-state index in [0.29, 0.717) is 0 Å². The third-order valence-corrected chi connectivity index (χ3v) is 5.95. The molecule has 34 heavy (non-hydrogen) atoms. The molecule has 0 bridgehead atoms. The highest BCUT2D eigenvalue weighted by molar-refractivity contribution is 6.37. The van der Waals surface area contributed by atoms with Crippen LogP contribution in [0, 0.1) is 0 Å². The molecule has 0 aromatic rings. The minimum absolute atomic E-state index is 0.352. The number of hydrogen-bond acceptors (Lipinski definition) is 3. The second kappa shape index (κ2) is 8.92. The van der Waals surface area contributed by atoms with Gasteiger partial charge in [-0.15, -0.1) is 0 Å². The van der Waals surface area contributed by atoms with Crippen molar-refractivity contribution in [3.63, 3.8) is 0 Å². The third kappa shape index (κ3) is 6.10. The van der Waals surface area contributed by atoms with Crippen LogP contribution in [0.2, 0.25) is 0 Å². The maximum absolute atomic E-state index is 13.0. The van der Waals surface area contributed by atoms with Gasteiger partial charge in [0.05, 0.1) is 0 Å². The Kier molecular flexibility index (Phi) is 8.70. The second-order valence-corrected chi connectivity index (χ2v) is 8.14. The Bertz CT molecular complexity index is 644. The van der Waals surface area contributed by atoms with Crippen molar-refractivity contribution in [3.8, 4) is 0 Å². The van der Waals surface area contributed by atoms with E-state index in [9.17, 15) is 79.0 Å². The van der Waals surface area contributed by atoms with Crippen LogP contribution in [0.25, 0.3) is 0 Å². The predicted octanol–water partition coefficient (Wildman–Crippen LogP) is 6.67. The number of rotatable bonds is 6. The van der Waals surface area contributed by atoms with E-state index in [-0.39, 0.29) is 13.8 Å². The lowest BCUT2D eigenvalue weighted by Crippen LogP contribution is -2.71. The molecular weight excluding hydrogens is 561 g/mol. The smallest absolute Gasteiger partial charge is 0.561 e. The number of alkyl halides is 18. The summed E-state index contributed by atoms with van der Waals surface area (Å²) < 4.78 is 242. The third-order valence-electron chi connectivity index (χ3n) is 3.96. The predicted molar refractivity (Wildman–Crippen MR) is 70.6 cm³/mol. The molecule has 0 amide bonds. The largest absolute Gasteiger partial charge is 0.623 e. The Balaban J connectivity index is 7.16. The summed E-state index contributed by atoms with van der Waals surface area (Å²) in [4.78, 5) is 0. The van der Waals surface area contributed by atoms with Crippen molar-refractivity contribution in [2.24, 2.45) is 0 Å². The van der Waals surface area contributed by atoms with Gasteiger partial charge in [-0.05, 0) is 20.8 Å². The molecule has 0 atom stereocenters. The number of hydrogen-bond donors (Lipinski definition) is 0. The molecule has 0 N–H and O–H groups in total. The first-order chi connectivity index (χ1) is 14.3. The molecule has 22 heteroatoms. The minimum atomic E-state index is -7.74. The molecule has 0 saturated heterocycles. The molecule has 0 aliphatic carbocycles. The highest BCUT2D eigenvalue weighted by atomic mass is 27.3. The van der Waals surface area contributed by atoms with E-state index in [4.69, 9.17) is 0 Å². The summed E-state index contributed by atoms with van der Waals surface area (Å²) in [7, 11) is 0. The fraction of sp³-hybridized carbons (Fsp3) is 1.00. The molecule has 0 saturated carbocycles. The Morgan fingerprint density at radius 2 is 0.676 bits per heavy atom. The molecule has 0 rings (SSSR count). The van der Waals surface area contributed by atoms with E-state index in [1.165, 1.54) is 0 Å². The van der Waals surface area contributed by atoms with Gasteiger partial charge in [0.15, 0.2) is 0 Å². The topological polar surface area (TPSA) is 27.7 Å². The maximum atomic E-state index is 13.0. The van der Waals surface area contributed by atoms with Gasteiger partial charge >= 0.3 is 57.8 Å². The van der Waals surface area contributed by atoms with Crippen molar-refractivity contribution in [2.45, 2.75) is 74.6 Å². The molecule has 0 aromatic carbocycles. The fourth-order valence-electron chi connectivity index (χ4n) is 1.69. The van der Waals surface area contributed by atoms with Crippen molar-refractivity contribution in [1.82, 2.24) is 0 Å².